The summed E-state index contributed by atoms with van der Waals surface area (Å²) in [6, 6.07) is 0. The van der Waals surface area contributed by atoms with Crippen LogP contribution >= 0.6 is 0 Å². The number of nitrogens with zero attached hydrogens (tertiary/aromatic N) is 1. The lowest BCUT2D eigenvalue weighted by Crippen LogP contribution is -2.28. The Kier molecular flexibility index (Phi) is 1.61. The van der Waals surface area contributed by atoms with E-state index in [9.17, 15) is 4.79 Å². The van der Waals surface area contributed by atoms with Crippen LogP contribution in [-0.2, 0) is 4.79 Å². The standard InChI is InChI=1S/C12H15NO/c1-2-12(14)13-6-10-8-3-4-9(5-8)11(10)7-13/h2-4,8-11H,1,5-7H2. The summed E-state index contributed by atoms with van der Waals surface area (Å²) in [5, 5.41) is 0. The number of hydrogen-bond acceptors (Lipinski definition) is 1. The maximum atomic E-state index is 11.5. The van der Waals surface area contributed by atoms with Crippen LogP contribution in [0.5, 0.6) is 0 Å². The monoisotopic (exact) mass is 189 g/mol. The lowest BCUT2D eigenvalue weighted by molar-refractivity contribution is -0.125. The second-order valence-corrected chi connectivity index (χ2v) is 4.72. The third kappa shape index (κ3) is 0.941. The average Bonchev–Trinajstić information content (AvgIpc) is 2.87. The predicted molar refractivity (Wildman–Crippen MR) is 54.5 cm³/mol. The van der Waals surface area contributed by atoms with Gasteiger partial charge in [0.1, 0.15) is 0 Å². The van der Waals surface area contributed by atoms with E-state index in [0.29, 0.717) is 0 Å². The molecule has 4 atom stereocenters. The molecule has 2 fully saturated rings. The molecule has 14 heavy (non-hydrogen) atoms. The Balaban J connectivity index is 1.79. The highest BCUT2D eigenvalue weighted by molar-refractivity contribution is 5.87. The van der Waals surface area contributed by atoms with Gasteiger partial charge in [-0.15, -0.1) is 0 Å². The maximum absolute atomic E-state index is 11.5. The van der Waals surface area contributed by atoms with Crippen molar-refractivity contribution in [2.45, 2.75) is 6.42 Å². The lowest BCUT2D eigenvalue weighted by atomic mass is 9.86. The Labute approximate surface area is 84.3 Å². The van der Waals surface area contributed by atoms with Gasteiger partial charge in [-0.1, -0.05) is 18.7 Å². The van der Waals surface area contributed by atoms with Crippen molar-refractivity contribution in [1.82, 2.24) is 4.90 Å². The van der Waals surface area contributed by atoms with E-state index in [1.165, 1.54) is 12.5 Å². The first-order valence-electron chi connectivity index (χ1n) is 5.39. The fraction of sp³-hybridized carbons (Fsp3) is 0.583. The number of amides is 1. The second-order valence-electron chi connectivity index (χ2n) is 4.72. The number of hydrogen-bond donors (Lipinski definition) is 0. The molecule has 4 unspecified atom stereocenters. The van der Waals surface area contributed by atoms with Gasteiger partial charge in [0.25, 0.3) is 0 Å². The van der Waals surface area contributed by atoms with E-state index in [0.717, 1.165) is 36.8 Å². The van der Waals surface area contributed by atoms with Gasteiger partial charge >= 0.3 is 0 Å². The predicted octanol–water partition coefficient (Wildman–Crippen LogP) is 1.45. The molecule has 3 rings (SSSR count). The highest BCUT2D eigenvalue weighted by Crippen LogP contribution is 2.51. The molecule has 0 spiro atoms. The van der Waals surface area contributed by atoms with Gasteiger partial charge in [0.05, 0.1) is 0 Å². The van der Waals surface area contributed by atoms with Crippen LogP contribution in [0.1, 0.15) is 6.42 Å². The van der Waals surface area contributed by atoms with Gasteiger partial charge in [0.15, 0.2) is 0 Å². The van der Waals surface area contributed by atoms with Gasteiger partial charge < -0.3 is 4.90 Å². The van der Waals surface area contributed by atoms with Gasteiger partial charge in [0.2, 0.25) is 5.91 Å². The molecular weight excluding hydrogens is 174 g/mol. The fourth-order valence-corrected chi connectivity index (χ4v) is 3.46. The molecule has 0 aromatic rings. The minimum absolute atomic E-state index is 0.110. The summed E-state index contributed by atoms with van der Waals surface area (Å²) in [5.74, 6) is 3.11. The SMILES string of the molecule is C=CC(=O)N1CC2C3C=CC(C3)C2C1. The molecule has 2 aliphatic carbocycles. The third-order valence-electron chi connectivity index (χ3n) is 4.15. The highest BCUT2D eigenvalue weighted by atomic mass is 16.2. The minimum atomic E-state index is 0.110. The van der Waals surface area contributed by atoms with Crippen LogP contribution in [0, 0.1) is 23.7 Å². The molecule has 1 saturated heterocycles. The number of carbonyl (C=O) groups excluding carboxylic acids is 1. The smallest absolute Gasteiger partial charge is 0.245 e. The molecule has 1 saturated carbocycles. The van der Waals surface area contributed by atoms with Crippen LogP contribution in [0.4, 0.5) is 0 Å². The molecule has 2 heteroatoms. The van der Waals surface area contributed by atoms with Crippen molar-refractivity contribution in [3.8, 4) is 0 Å². The molecule has 2 nitrogen and oxygen atoms in total. The Morgan fingerprint density at radius 2 is 1.86 bits per heavy atom. The van der Waals surface area contributed by atoms with Crippen molar-refractivity contribution in [2.75, 3.05) is 13.1 Å². The van der Waals surface area contributed by atoms with Crippen LogP contribution in [0.25, 0.3) is 0 Å². The second kappa shape index (κ2) is 2.72. The van der Waals surface area contributed by atoms with Crippen molar-refractivity contribution < 1.29 is 4.79 Å². The van der Waals surface area contributed by atoms with Gasteiger partial charge in [-0.05, 0) is 36.2 Å². The van der Waals surface area contributed by atoms with Crippen LogP contribution in [0.2, 0.25) is 0 Å². The van der Waals surface area contributed by atoms with E-state index < -0.39 is 0 Å². The zero-order chi connectivity index (χ0) is 9.71. The first-order valence-corrected chi connectivity index (χ1v) is 5.39. The van der Waals surface area contributed by atoms with E-state index in [1.54, 1.807) is 0 Å². The zero-order valence-corrected chi connectivity index (χ0v) is 8.23. The number of carbonyl (C=O) groups is 1. The minimum Gasteiger partial charge on any atom is -0.339 e. The summed E-state index contributed by atoms with van der Waals surface area (Å²) in [6.45, 7) is 5.46. The molecule has 0 aromatic carbocycles. The molecular formula is C12H15NO. The molecule has 1 amide bonds. The molecule has 0 aromatic heterocycles. The number of rotatable bonds is 1. The summed E-state index contributed by atoms with van der Waals surface area (Å²) in [6.07, 6.45) is 7.49. The Bertz CT molecular complexity index is 300. The Hall–Kier alpha value is -1.05. The molecule has 1 heterocycles. The largest absolute Gasteiger partial charge is 0.339 e. The molecule has 0 radical (unpaired) electrons. The van der Waals surface area contributed by atoms with Gasteiger partial charge in [0, 0.05) is 13.1 Å². The van der Waals surface area contributed by atoms with E-state index in [2.05, 4.69) is 18.7 Å². The van der Waals surface area contributed by atoms with Crippen molar-refractivity contribution in [2.24, 2.45) is 23.7 Å². The average molecular weight is 189 g/mol. The first-order chi connectivity index (χ1) is 6.79. The summed E-state index contributed by atoms with van der Waals surface area (Å²) in [4.78, 5) is 13.4. The normalized spacial score (nSPS) is 43.0. The van der Waals surface area contributed by atoms with E-state index >= 15 is 0 Å². The van der Waals surface area contributed by atoms with E-state index in [-0.39, 0.29) is 5.91 Å². The number of likely N-dealkylation sites (tertiary alicyclic amines) is 1. The maximum Gasteiger partial charge on any atom is 0.245 e. The van der Waals surface area contributed by atoms with Crippen LogP contribution in [0.15, 0.2) is 24.8 Å². The van der Waals surface area contributed by atoms with Gasteiger partial charge in [-0.2, -0.15) is 0 Å². The Morgan fingerprint density at radius 3 is 2.36 bits per heavy atom. The third-order valence-corrected chi connectivity index (χ3v) is 4.15. The van der Waals surface area contributed by atoms with Crippen molar-refractivity contribution in [3.63, 3.8) is 0 Å². The lowest BCUT2D eigenvalue weighted by Gasteiger charge is -2.17. The first kappa shape index (κ1) is 8.27. The summed E-state index contributed by atoms with van der Waals surface area (Å²) in [7, 11) is 0. The number of fused-ring (bicyclic) bond motifs is 5. The molecule has 1 aliphatic heterocycles. The van der Waals surface area contributed by atoms with Crippen LogP contribution in [-0.4, -0.2) is 23.9 Å². The molecule has 0 N–H and O–H groups in total. The van der Waals surface area contributed by atoms with Crippen LogP contribution in [0.3, 0.4) is 0 Å². The van der Waals surface area contributed by atoms with Crippen molar-refractivity contribution in [3.05, 3.63) is 24.8 Å². The zero-order valence-electron chi connectivity index (χ0n) is 8.23. The summed E-state index contributed by atoms with van der Waals surface area (Å²) in [5.41, 5.74) is 0. The fourth-order valence-electron chi connectivity index (χ4n) is 3.46. The number of allylic oxidation sites excluding steroid dienone is 2. The summed E-state index contributed by atoms with van der Waals surface area (Å²) >= 11 is 0. The quantitative estimate of drug-likeness (QED) is 0.451. The molecule has 2 bridgehead atoms. The summed E-state index contributed by atoms with van der Waals surface area (Å²) < 4.78 is 0. The van der Waals surface area contributed by atoms with E-state index in [1.807, 2.05) is 4.90 Å². The molecule has 3 aliphatic rings. The van der Waals surface area contributed by atoms with E-state index in [4.69, 9.17) is 0 Å². The topological polar surface area (TPSA) is 20.3 Å². The van der Waals surface area contributed by atoms with Crippen LogP contribution < -0.4 is 0 Å². The van der Waals surface area contributed by atoms with Gasteiger partial charge in [-0.25, -0.2) is 0 Å². The van der Waals surface area contributed by atoms with Gasteiger partial charge in [-0.3, -0.25) is 4.79 Å². The van der Waals surface area contributed by atoms with Crippen molar-refractivity contribution >= 4 is 5.91 Å². The Morgan fingerprint density at radius 1 is 1.29 bits per heavy atom. The molecule has 74 valence electrons. The van der Waals surface area contributed by atoms with Crippen molar-refractivity contribution in [1.29, 1.82) is 0 Å². The highest BCUT2D eigenvalue weighted by Gasteiger charge is 2.49.